The number of fused-ring (bicyclic) bond motifs is 1. The third-order valence-electron chi connectivity index (χ3n) is 3.79. The van der Waals surface area contributed by atoms with Crippen molar-refractivity contribution in [1.29, 1.82) is 0 Å². The third-order valence-corrected chi connectivity index (χ3v) is 3.79. The number of aromatic nitrogens is 3. The molecule has 3 aromatic rings. The van der Waals surface area contributed by atoms with Gasteiger partial charge in [-0.05, 0) is 18.1 Å². The highest BCUT2D eigenvalue weighted by atomic mass is 16.5. The first-order chi connectivity index (χ1) is 12.3. The van der Waals surface area contributed by atoms with E-state index >= 15 is 0 Å². The van der Waals surface area contributed by atoms with Crippen molar-refractivity contribution in [2.45, 2.75) is 25.9 Å². The summed E-state index contributed by atoms with van der Waals surface area (Å²) < 4.78 is 7.45. The summed E-state index contributed by atoms with van der Waals surface area (Å²) in [5.74, 6) is 0.726. The van der Waals surface area contributed by atoms with Crippen LogP contribution in [0.15, 0.2) is 55.0 Å². The molecule has 0 saturated carbocycles. The summed E-state index contributed by atoms with van der Waals surface area (Å²) in [6.07, 6.45) is 7.45. The summed E-state index contributed by atoms with van der Waals surface area (Å²) in [5, 5.41) is 2.92. The Bertz CT molecular complexity index is 768. The van der Waals surface area contributed by atoms with Gasteiger partial charge in [0.15, 0.2) is 0 Å². The molecule has 0 unspecified atom stereocenters. The van der Waals surface area contributed by atoms with Gasteiger partial charge in [-0.3, -0.25) is 9.20 Å². The number of carbonyl (C=O) groups is 1. The molecule has 1 N–H and O–H groups in total. The van der Waals surface area contributed by atoms with Gasteiger partial charge in [0.05, 0.1) is 12.3 Å². The molecule has 1 amide bonds. The van der Waals surface area contributed by atoms with Gasteiger partial charge in [-0.1, -0.05) is 30.3 Å². The van der Waals surface area contributed by atoms with Crippen LogP contribution in [0.2, 0.25) is 0 Å². The van der Waals surface area contributed by atoms with E-state index in [0.717, 1.165) is 17.7 Å². The first-order valence-electron chi connectivity index (χ1n) is 8.48. The molecule has 0 aliphatic rings. The molecule has 0 atom stereocenters. The third kappa shape index (κ3) is 5.39. The summed E-state index contributed by atoms with van der Waals surface area (Å²) in [6, 6.07) is 11.9. The highest BCUT2D eigenvalue weighted by Crippen LogP contribution is 2.03. The van der Waals surface area contributed by atoms with Crippen LogP contribution in [-0.4, -0.2) is 33.4 Å². The van der Waals surface area contributed by atoms with E-state index in [1.807, 2.05) is 53.2 Å². The predicted octanol–water partition coefficient (Wildman–Crippen LogP) is 2.39. The Hall–Kier alpha value is -2.73. The van der Waals surface area contributed by atoms with E-state index < -0.39 is 0 Å². The van der Waals surface area contributed by atoms with Crippen LogP contribution in [0.1, 0.15) is 24.1 Å². The van der Waals surface area contributed by atoms with Crippen LogP contribution < -0.4 is 5.32 Å². The first-order valence-corrected chi connectivity index (χ1v) is 8.48. The van der Waals surface area contributed by atoms with Crippen molar-refractivity contribution in [3.8, 4) is 0 Å². The highest BCUT2D eigenvalue weighted by molar-refractivity contribution is 5.75. The maximum absolute atomic E-state index is 11.8. The predicted molar refractivity (Wildman–Crippen MR) is 95.0 cm³/mol. The molecule has 3 rings (SSSR count). The van der Waals surface area contributed by atoms with Gasteiger partial charge in [-0.25, -0.2) is 9.97 Å². The lowest BCUT2D eigenvalue weighted by molar-refractivity contribution is -0.121. The molecule has 6 heteroatoms. The molecule has 0 saturated heterocycles. The van der Waals surface area contributed by atoms with Crippen LogP contribution in [0, 0.1) is 0 Å². The number of hydrogen-bond donors (Lipinski definition) is 1. The van der Waals surface area contributed by atoms with Gasteiger partial charge in [-0.15, -0.1) is 0 Å². The van der Waals surface area contributed by atoms with Gasteiger partial charge < -0.3 is 10.1 Å². The average molecular weight is 338 g/mol. The van der Waals surface area contributed by atoms with Crippen LogP contribution in [-0.2, 0) is 22.6 Å². The van der Waals surface area contributed by atoms with Crippen molar-refractivity contribution < 1.29 is 9.53 Å². The standard InChI is InChI=1S/C19H22N4O2/c24-18(8-4-13-25-15-16-6-2-1-3-7-16)20-11-9-17-14-23-12-5-10-21-19(23)22-17/h1-3,5-7,10,12,14H,4,8-9,11,13,15H2,(H,20,24). The Morgan fingerprint density at radius 1 is 1.20 bits per heavy atom. The molecular weight excluding hydrogens is 316 g/mol. The minimum atomic E-state index is 0.0465. The Morgan fingerprint density at radius 2 is 2.08 bits per heavy atom. The number of nitrogens with one attached hydrogen (secondary N) is 1. The summed E-state index contributed by atoms with van der Waals surface area (Å²) in [6.45, 7) is 1.75. The minimum Gasteiger partial charge on any atom is -0.377 e. The number of ether oxygens (including phenoxy) is 1. The Balaban J connectivity index is 1.28. The molecule has 25 heavy (non-hydrogen) atoms. The lowest BCUT2D eigenvalue weighted by atomic mass is 10.2. The molecule has 0 radical (unpaired) electrons. The molecule has 0 fully saturated rings. The molecule has 2 heterocycles. The molecule has 0 spiro atoms. The fourth-order valence-electron chi connectivity index (χ4n) is 2.52. The fraction of sp³-hybridized carbons (Fsp3) is 0.316. The van der Waals surface area contributed by atoms with Crippen LogP contribution in [0.5, 0.6) is 0 Å². The zero-order valence-electron chi connectivity index (χ0n) is 14.1. The quantitative estimate of drug-likeness (QED) is 0.608. The van der Waals surface area contributed by atoms with E-state index in [2.05, 4.69) is 15.3 Å². The zero-order chi connectivity index (χ0) is 17.3. The maximum Gasteiger partial charge on any atom is 0.233 e. The Kier molecular flexibility index (Phi) is 6.11. The number of carbonyl (C=O) groups excluding carboxylic acids is 1. The van der Waals surface area contributed by atoms with Crippen LogP contribution in [0.3, 0.4) is 0 Å². The normalized spacial score (nSPS) is 10.9. The molecular formula is C19H22N4O2. The topological polar surface area (TPSA) is 68.5 Å². The Morgan fingerprint density at radius 3 is 2.92 bits per heavy atom. The second-order valence-corrected chi connectivity index (χ2v) is 5.80. The van der Waals surface area contributed by atoms with Crippen LogP contribution in [0.4, 0.5) is 0 Å². The van der Waals surface area contributed by atoms with Crippen LogP contribution in [0.25, 0.3) is 5.78 Å². The van der Waals surface area contributed by atoms with E-state index in [0.29, 0.717) is 38.4 Å². The number of hydrogen-bond acceptors (Lipinski definition) is 4. The molecule has 1 aromatic carbocycles. The molecule has 130 valence electrons. The lowest BCUT2D eigenvalue weighted by Gasteiger charge is -2.05. The van der Waals surface area contributed by atoms with Gasteiger partial charge in [0.1, 0.15) is 0 Å². The van der Waals surface area contributed by atoms with Crippen molar-refractivity contribution in [3.63, 3.8) is 0 Å². The Labute approximate surface area is 146 Å². The number of nitrogens with zero attached hydrogens (tertiary/aromatic N) is 3. The monoisotopic (exact) mass is 338 g/mol. The van der Waals surface area contributed by atoms with E-state index in [9.17, 15) is 4.79 Å². The largest absolute Gasteiger partial charge is 0.377 e. The van der Waals surface area contributed by atoms with Gasteiger partial charge in [0, 0.05) is 44.6 Å². The number of amides is 1. The molecule has 0 bridgehead atoms. The SMILES string of the molecule is O=C(CCCOCc1ccccc1)NCCc1cn2cccnc2n1. The van der Waals surface area contributed by atoms with Crippen molar-refractivity contribution in [2.75, 3.05) is 13.2 Å². The van der Waals surface area contributed by atoms with Crippen molar-refractivity contribution >= 4 is 11.7 Å². The smallest absolute Gasteiger partial charge is 0.233 e. The summed E-state index contributed by atoms with van der Waals surface area (Å²) >= 11 is 0. The van der Waals surface area contributed by atoms with E-state index in [-0.39, 0.29) is 5.91 Å². The van der Waals surface area contributed by atoms with Gasteiger partial charge in [-0.2, -0.15) is 0 Å². The van der Waals surface area contributed by atoms with Crippen LogP contribution >= 0.6 is 0 Å². The summed E-state index contributed by atoms with van der Waals surface area (Å²) in [5.41, 5.74) is 2.07. The summed E-state index contributed by atoms with van der Waals surface area (Å²) in [4.78, 5) is 20.4. The lowest BCUT2D eigenvalue weighted by Crippen LogP contribution is -2.25. The number of rotatable bonds is 9. The van der Waals surface area contributed by atoms with E-state index in [1.54, 1.807) is 6.20 Å². The van der Waals surface area contributed by atoms with Gasteiger partial charge in [0.2, 0.25) is 11.7 Å². The van der Waals surface area contributed by atoms with Crippen molar-refractivity contribution in [3.05, 3.63) is 66.2 Å². The minimum absolute atomic E-state index is 0.0465. The average Bonchev–Trinajstić information content (AvgIpc) is 3.05. The van der Waals surface area contributed by atoms with Gasteiger partial charge >= 0.3 is 0 Å². The number of imidazole rings is 1. The highest BCUT2D eigenvalue weighted by Gasteiger charge is 2.04. The molecule has 0 aliphatic heterocycles. The fourth-order valence-corrected chi connectivity index (χ4v) is 2.52. The van der Waals surface area contributed by atoms with Crippen molar-refractivity contribution in [2.24, 2.45) is 0 Å². The van der Waals surface area contributed by atoms with Crippen molar-refractivity contribution in [1.82, 2.24) is 19.7 Å². The van der Waals surface area contributed by atoms with E-state index in [1.165, 1.54) is 0 Å². The van der Waals surface area contributed by atoms with Gasteiger partial charge in [0.25, 0.3) is 0 Å². The van der Waals surface area contributed by atoms with E-state index in [4.69, 9.17) is 4.74 Å². The molecule has 6 nitrogen and oxygen atoms in total. The molecule has 2 aromatic heterocycles. The second kappa shape index (κ2) is 8.94. The molecule has 0 aliphatic carbocycles. The second-order valence-electron chi connectivity index (χ2n) is 5.80. The first kappa shape index (κ1) is 17.1. The zero-order valence-corrected chi connectivity index (χ0v) is 14.1. The maximum atomic E-state index is 11.8. The number of benzene rings is 1. The summed E-state index contributed by atoms with van der Waals surface area (Å²) in [7, 11) is 0.